The highest BCUT2D eigenvalue weighted by Crippen LogP contribution is 2.23. The largest absolute Gasteiger partial charge is 0.360 e. The molecule has 1 fully saturated rings. The topological polar surface area (TPSA) is 68.4 Å². The molecule has 1 aromatic heterocycles. The number of aryl methyl sites for hydroxylation is 1. The number of nitrogens with one attached hydrogen (secondary N) is 2. The van der Waals surface area contributed by atoms with E-state index in [0.29, 0.717) is 13.1 Å². The number of hydrogen-bond donors (Lipinski definition) is 2. The normalized spacial score (nSPS) is 15.4. The zero-order valence-electron chi connectivity index (χ0n) is 17.4. The second-order valence-electron chi connectivity index (χ2n) is 7.79. The molecule has 0 spiro atoms. The minimum absolute atomic E-state index is 0.00347. The molecule has 0 radical (unpaired) electrons. The molecular formula is C24H28N4O2. The lowest BCUT2D eigenvalue weighted by Crippen LogP contribution is -2.49. The second kappa shape index (κ2) is 9.24. The lowest BCUT2D eigenvalue weighted by atomic mass is 10.0. The molecule has 6 heteroatoms. The van der Waals surface area contributed by atoms with Gasteiger partial charge in [-0.05, 0) is 24.1 Å². The maximum Gasteiger partial charge on any atom is 0.238 e. The molecular weight excluding hydrogens is 376 g/mol. The number of para-hydroxylation sites is 2. The smallest absolute Gasteiger partial charge is 0.238 e. The second-order valence-corrected chi connectivity index (χ2v) is 7.79. The Kier molecular flexibility index (Phi) is 6.26. The summed E-state index contributed by atoms with van der Waals surface area (Å²) >= 11 is 0. The van der Waals surface area contributed by atoms with E-state index in [1.807, 2.05) is 48.7 Å². The fraction of sp³-hybridized carbons (Fsp3) is 0.333. The van der Waals surface area contributed by atoms with Gasteiger partial charge in [-0.25, -0.2) is 0 Å². The SMILES string of the molecule is CCc1cccc2c(C(=O)CN3CCN(CC(=O)Nc4ccccc4)CC3)c[nH]c12. The molecule has 1 aliphatic heterocycles. The van der Waals surface area contributed by atoms with Gasteiger partial charge < -0.3 is 10.3 Å². The molecule has 1 saturated heterocycles. The van der Waals surface area contributed by atoms with Gasteiger partial charge in [0.25, 0.3) is 0 Å². The number of anilines is 1. The van der Waals surface area contributed by atoms with E-state index in [0.717, 1.165) is 54.8 Å². The number of ketones is 1. The molecule has 2 N–H and O–H groups in total. The quantitative estimate of drug-likeness (QED) is 0.594. The molecule has 1 aliphatic rings. The highest BCUT2D eigenvalue weighted by molar-refractivity contribution is 6.09. The number of nitrogens with zero attached hydrogens (tertiary/aromatic N) is 2. The van der Waals surface area contributed by atoms with Crippen molar-refractivity contribution < 1.29 is 9.59 Å². The van der Waals surface area contributed by atoms with E-state index in [-0.39, 0.29) is 11.7 Å². The Morgan fingerprint density at radius 2 is 1.63 bits per heavy atom. The van der Waals surface area contributed by atoms with Gasteiger partial charge in [0.1, 0.15) is 0 Å². The van der Waals surface area contributed by atoms with Crippen LogP contribution in [0.5, 0.6) is 0 Å². The molecule has 156 valence electrons. The first kappa shape index (κ1) is 20.3. The number of Topliss-reactive ketones (excluding diaryl/α,β-unsaturated/α-hetero) is 1. The molecule has 30 heavy (non-hydrogen) atoms. The van der Waals surface area contributed by atoms with Crippen LogP contribution in [0.1, 0.15) is 22.8 Å². The molecule has 0 aliphatic carbocycles. The average Bonchev–Trinajstić information content (AvgIpc) is 3.20. The van der Waals surface area contributed by atoms with Gasteiger partial charge in [0.05, 0.1) is 13.1 Å². The number of hydrogen-bond acceptors (Lipinski definition) is 4. The number of aromatic nitrogens is 1. The fourth-order valence-electron chi connectivity index (χ4n) is 4.06. The maximum atomic E-state index is 12.9. The van der Waals surface area contributed by atoms with E-state index < -0.39 is 0 Å². The molecule has 0 unspecified atom stereocenters. The van der Waals surface area contributed by atoms with Crippen LogP contribution in [0.25, 0.3) is 10.9 Å². The van der Waals surface area contributed by atoms with Crippen molar-refractivity contribution in [3.63, 3.8) is 0 Å². The molecule has 0 bridgehead atoms. The molecule has 2 heterocycles. The van der Waals surface area contributed by atoms with Crippen molar-refractivity contribution in [3.8, 4) is 0 Å². The van der Waals surface area contributed by atoms with Crippen LogP contribution >= 0.6 is 0 Å². The zero-order chi connectivity index (χ0) is 20.9. The third-order valence-corrected chi connectivity index (χ3v) is 5.74. The summed E-state index contributed by atoms with van der Waals surface area (Å²) in [7, 11) is 0. The van der Waals surface area contributed by atoms with Crippen molar-refractivity contribution >= 4 is 28.3 Å². The lowest BCUT2D eigenvalue weighted by molar-refractivity contribution is -0.117. The summed E-state index contributed by atoms with van der Waals surface area (Å²) in [6.45, 7) is 6.04. The number of fused-ring (bicyclic) bond motifs is 1. The van der Waals surface area contributed by atoms with E-state index >= 15 is 0 Å². The third kappa shape index (κ3) is 4.61. The molecule has 6 nitrogen and oxygen atoms in total. The van der Waals surface area contributed by atoms with Crippen LogP contribution in [-0.2, 0) is 11.2 Å². The van der Waals surface area contributed by atoms with E-state index in [1.54, 1.807) is 0 Å². The van der Waals surface area contributed by atoms with Crippen molar-refractivity contribution in [1.29, 1.82) is 0 Å². The Labute approximate surface area is 176 Å². The van der Waals surface area contributed by atoms with Gasteiger partial charge in [0, 0.05) is 54.5 Å². The fourth-order valence-corrected chi connectivity index (χ4v) is 4.06. The van der Waals surface area contributed by atoms with E-state index in [1.165, 1.54) is 5.56 Å². The van der Waals surface area contributed by atoms with Crippen molar-refractivity contribution in [1.82, 2.24) is 14.8 Å². The Morgan fingerprint density at radius 1 is 0.933 bits per heavy atom. The molecule has 0 atom stereocenters. The minimum atomic E-state index is -0.00347. The Bertz CT molecular complexity index is 1020. The first-order chi connectivity index (χ1) is 14.6. The number of carbonyl (C=O) groups is 2. The van der Waals surface area contributed by atoms with Crippen LogP contribution in [0, 0.1) is 0 Å². The number of carbonyl (C=O) groups excluding carboxylic acids is 2. The number of benzene rings is 2. The maximum absolute atomic E-state index is 12.9. The number of rotatable bonds is 7. The predicted octanol–water partition coefficient (Wildman–Crippen LogP) is 3.17. The van der Waals surface area contributed by atoms with Crippen LogP contribution in [-0.4, -0.2) is 65.7 Å². The van der Waals surface area contributed by atoms with Crippen LogP contribution in [0.4, 0.5) is 5.69 Å². The lowest BCUT2D eigenvalue weighted by Gasteiger charge is -2.33. The first-order valence-electron chi connectivity index (χ1n) is 10.6. The van der Waals surface area contributed by atoms with E-state index in [2.05, 4.69) is 33.1 Å². The zero-order valence-corrected chi connectivity index (χ0v) is 17.4. The highest BCUT2D eigenvalue weighted by Gasteiger charge is 2.22. The summed E-state index contributed by atoms with van der Waals surface area (Å²) in [6, 6.07) is 15.6. The van der Waals surface area contributed by atoms with Gasteiger partial charge in [0.2, 0.25) is 5.91 Å². The standard InChI is InChI=1S/C24H28N4O2/c1-2-18-7-6-10-20-21(15-25-24(18)20)22(29)16-27-11-13-28(14-12-27)17-23(30)26-19-8-4-3-5-9-19/h3-10,15,25H,2,11-14,16-17H2,1H3,(H,26,30). The average molecular weight is 405 g/mol. The molecule has 4 rings (SSSR count). The van der Waals surface area contributed by atoms with E-state index in [4.69, 9.17) is 0 Å². The summed E-state index contributed by atoms with van der Waals surface area (Å²) < 4.78 is 0. The van der Waals surface area contributed by atoms with Crippen molar-refractivity contribution in [2.75, 3.05) is 44.6 Å². The summed E-state index contributed by atoms with van der Waals surface area (Å²) in [6.07, 6.45) is 2.78. The van der Waals surface area contributed by atoms with Crippen LogP contribution in [0.3, 0.4) is 0 Å². The molecule has 1 amide bonds. The van der Waals surface area contributed by atoms with E-state index in [9.17, 15) is 9.59 Å². The Balaban J connectivity index is 1.29. The van der Waals surface area contributed by atoms with Gasteiger partial charge in [-0.3, -0.25) is 19.4 Å². The summed E-state index contributed by atoms with van der Waals surface area (Å²) in [5, 5.41) is 3.94. The Hall–Kier alpha value is -2.96. The van der Waals surface area contributed by atoms with Gasteiger partial charge in [-0.1, -0.05) is 43.3 Å². The molecule has 0 saturated carbocycles. The number of piperazine rings is 1. The van der Waals surface area contributed by atoms with Gasteiger partial charge in [-0.15, -0.1) is 0 Å². The first-order valence-corrected chi connectivity index (χ1v) is 10.6. The van der Waals surface area contributed by atoms with Crippen LogP contribution in [0.15, 0.2) is 54.7 Å². The van der Waals surface area contributed by atoms with Gasteiger partial charge in [0.15, 0.2) is 5.78 Å². The summed E-state index contributed by atoms with van der Waals surface area (Å²) in [4.78, 5) is 32.8. The predicted molar refractivity (Wildman–Crippen MR) is 120 cm³/mol. The van der Waals surface area contributed by atoms with Gasteiger partial charge in [-0.2, -0.15) is 0 Å². The number of aromatic amines is 1. The number of H-pyrrole nitrogens is 1. The van der Waals surface area contributed by atoms with Crippen molar-refractivity contribution in [3.05, 3.63) is 65.9 Å². The van der Waals surface area contributed by atoms with Crippen molar-refractivity contribution in [2.24, 2.45) is 0 Å². The summed E-state index contributed by atoms with van der Waals surface area (Å²) in [5.74, 6) is 0.140. The van der Waals surface area contributed by atoms with Gasteiger partial charge >= 0.3 is 0 Å². The Morgan fingerprint density at radius 3 is 2.33 bits per heavy atom. The molecule has 3 aromatic rings. The van der Waals surface area contributed by atoms with Crippen LogP contribution in [0.2, 0.25) is 0 Å². The summed E-state index contributed by atoms with van der Waals surface area (Å²) in [5.41, 5.74) is 3.88. The molecule has 2 aromatic carbocycles. The highest BCUT2D eigenvalue weighted by atomic mass is 16.2. The van der Waals surface area contributed by atoms with Crippen LogP contribution < -0.4 is 5.32 Å². The minimum Gasteiger partial charge on any atom is -0.360 e. The number of amides is 1. The third-order valence-electron chi connectivity index (χ3n) is 5.74. The van der Waals surface area contributed by atoms with Crippen molar-refractivity contribution in [2.45, 2.75) is 13.3 Å². The monoisotopic (exact) mass is 404 g/mol.